The molecule has 0 radical (unpaired) electrons. The first-order valence-corrected chi connectivity index (χ1v) is 8.95. The molecule has 2 rings (SSSR count). The summed E-state index contributed by atoms with van der Waals surface area (Å²) in [6.45, 7) is 1.71. The van der Waals surface area contributed by atoms with Crippen LogP contribution < -0.4 is 4.72 Å². The van der Waals surface area contributed by atoms with E-state index in [-0.39, 0.29) is 15.3 Å². The molecule has 0 unspecified atom stereocenters. The molecule has 2 N–H and O–H groups in total. The zero-order chi connectivity index (χ0) is 15.5. The highest BCUT2D eigenvalue weighted by atomic mass is 35.5. The molecule has 0 saturated carbocycles. The maximum Gasteiger partial charge on any atom is 0.273 e. The predicted molar refractivity (Wildman–Crippen MR) is 84.5 cm³/mol. The van der Waals surface area contributed by atoms with Crippen LogP contribution in [0.5, 0.6) is 0 Å². The SMILES string of the molecule is Cc1nc(Cl)sc1S(=O)(=O)Nc1cccc(CCCO)c1. The van der Waals surface area contributed by atoms with Gasteiger partial charge in [-0.1, -0.05) is 35.1 Å². The number of thiazole rings is 1. The van der Waals surface area contributed by atoms with E-state index in [1.807, 2.05) is 6.07 Å². The number of hydrogen-bond donors (Lipinski definition) is 2. The van der Waals surface area contributed by atoms with E-state index >= 15 is 0 Å². The van der Waals surface area contributed by atoms with Gasteiger partial charge in [-0.3, -0.25) is 4.72 Å². The maximum absolute atomic E-state index is 12.3. The van der Waals surface area contributed by atoms with Gasteiger partial charge in [0.05, 0.1) is 5.69 Å². The quantitative estimate of drug-likeness (QED) is 0.843. The van der Waals surface area contributed by atoms with Gasteiger partial charge >= 0.3 is 0 Å². The van der Waals surface area contributed by atoms with Crippen molar-refractivity contribution in [1.29, 1.82) is 0 Å². The molecule has 1 heterocycles. The highest BCUT2D eigenvalue weighted by Gasteiger charge is 2.21. The van der Waals surface area contributed by atoms with E-state index in [1.54, 1.807) is 25.1 Å². The number of aromatic nitrogens is 1. The van der Waals surface area contributed by atoms with Gasteiger partial charge in [-0.05, 0) is 37.5 Å². The molecule has 0 bridgehead atoms. The lowest BCUT2D eigenvalue weighted by atomic mass is 10.1. The van der Waals surface area contributed by atoms with E-state index in [9.17, 15) is 8.42 Å². The average molecular weight is 347 g/mol. The number of aryl methyl sites for hydroxylation is 2. The molecule has 0 aliphatic rings. The van der Waals surface area contributed by atoms with Crippen molar-refractivity contribution in [3.8, 4) is 0 Å². The van der Waals surface area contributed by atoms with Crippen molar-refractivity contribution in [3.05, 3.63) is 40.0 Å². The van der Waals surface area contributed by atoms with Gasteiger partial charge in [0.1, 0.15) is 0 Å². The van der Waals surface area contributed by atoms with Crippen LogP contribution >= 0.6 is 22.9 Å². The van der Waals surface area contributed by atoms with Crippen LogP contribution in [0, 0.1) is 6.92 Å². The third-order valence-electron chi connectivity index (χ3n) is 2.77. The van der Waals surface area contributed by atoms with Crippen LogP contribution in [0.4, 0.5) is 5.69 Å². The molecule has 2 aromatic rings. The minimum atomic E-state index is -3.69. The molecule has 0 atom stereocenters. The smallest absolute Gasteiger partial charge is 0.273 e. The van der Waals surface area contributed by atoms with Gasteiger partial charge in [0.2, 0.25) is 0 Å². The van der Waals surface area contributed by atoms with Crippen LogP contribution in [-0.2, 0) is 16.4 Å². The summed E-state index contributed by atoms with van der Waals surface area (Å²) in [6.07, 6.45) is 1.33. The number of benzene rings is 1. The fraction of sp³-hybridized carbons (Fsp3) is 0.308. The van der Waals surface area contributed by atoms with E-state index in [0.29, 0.717) is 24.2 Å². The molecule has 0 saturated heterocycles. The van der Waals surface area contributed by atoms with Gasteiger partial charge in [-0.2, -0.15) is 0 Å². The van der Waals surface area contributed by atoms with Crippen LogP contribution in [0.25, 0.3) is 0 Å². The van der Waals surface area contributed by atoms with Crippen molar-refractivity contribution in [2.24, 2.45) is 0 Å². The Kier molecular flexibility index (Phi) is 5.21. The lowest BCUT2D eigenvalue weighted by Gasteiger charge is -2.08. The number of rotatable bonds is 6. The fourth-order valence-corrected chi connectivity index (χ4v) is 4.66. The van der Waals surface area contributed by atoms with E-state index < -0.39 is 10.0 Å². The normalized spacial score (nSPS) is 11.6. The molecule has 0 fully saturated rings. The van der Waals surface area contributed by atoms with Crippen LogP contribution in [0.15, 0.2) is 28.5 Å². The number of nitrogens with one attached hydrogen (secondary N) is 1. The Morgan fingerprint density at radius 2 is 2.19 bits per heavy atom. The van der Waals surface area contributed by atoms with Crippen molar-refractivity contribution in [2.45, 2.75) is 24.0 Å². The lowest BCUT2D eigenvalue weighted by molar-refractivity contribution is 0.288. The van der Waals surface area contributed by atoms with Crippen molar-refractivity contribution >= 4 is 38.6 Å². The summed E-state index contributed by atoms with van der Waals surface area (Å²) >= 11 is 6.68. The van der Waals surface area contributed by atoms with Gasteiger partial charge in [-0.25, -0.2) is 13.4 Å². The Balaban J connectivity index is 2.22. The zero-order valence-electron chi connectivity index (χ0n) is 11.3. The number of sulfonamides is 1. The van der Waals surface area contributed by atoms with Crippen LogP contribution in [0.1, 0.15) is 17.7 Å². The van der Waals surface area contributed by atoms with Crippen molar-refractivity contribution in [2.75, 3.05) is 11.3 Å². The highest BCUT2D eigenvalue weighted by molar-refractivity contribution is 7.94. The Labute approximate surface area is 132 Å². The maximum atomic E-state index is 12.3. The monoisotopic (exact) mass is 346 g/mol. The summed E-state index contributed by atoms with van der Waals surface area (Å²) in [5.74, 6) is 0. The molecule has 0 amide bonds. The second-order valence-electron chi connectivity index (χ2n) is 4.47. The van der Waals surface area contributed by atoms with Gasteiger partial charge in [0.25, 0.3) is 10.0 Å². The van der Waals surface area contributed by atoms with E-state index in [1.165, 1.54) is 0 Å². The zero-order valence-corrected chi connectivity index (χ0v) is 13.7. The summed E-state index contributed by atoms with van der Waals surface area (Å²) in [5.41, 5.74) is 1.83. The van der Waals surface area contributed by atoms with E-state index in [4.69, 9.17) is 16.7 Å². The molecule has 21 heavy (non-hydrogen) atoms. The second kappa shape index (κ2) is 6.74. The minimum Gasteiger partial charge on any atom is -0.396 e. The number of aliphatic hydroxyl groups excluding tert-OH is 1. The number of aliphatic hydroxyl groups is 1. The Morgan fingerprint density at radius 1 is 1.43 bits per heavy atom. The standard InChI is InChI=1S/C13H15ClN2O3S2/c1-9-12(20-13(14)15-9)21(18,19)16-11-6-2-4-10(8-11)5-3-7-17/h2,4,6,8,16-17H,3,5,7H2,1H3. The molecular formula is C13H15ClN2O3S2. The van der Waals surface area contributed by atoms with Gasteiger partial charge in [0, 0.05) is 12.3 Å². The number of nitrogens with zero attached hydrogens (tertiary/aromatic N) is 1. The summed E-state index contributed by atoms with van der Waals surface area (Å²) in [5, 5.41) is 8.84. The summed E-state index contributed by atoms with van der Waals surface area (Å²) in [7, 11) is -3.69. The van der Waals surface area contributed by atoms with Crippen molar-refractivity contribution < 1.29 is 13.5 Å². The third kappa shape index (κ3) is 4.16. The molecule has 0 aliphatic carbocycles. The summed E-state index contributed by atoms with van der Waals surface area (Å²) < 4.78 is 27.5. The predicted octanol–water partition coefficient (Wildman–Crippen LogP) is 2.83. The number of hydrogen-bond acceptors (Lipinski definition) is 5. The van der Waals surface area contributed by atoms with Gasteiger partial charge < -0.3 is 5.11 Å². The van der Waals surface area contributed by atoms with Crippen LogP contribution in [-0.4, -0.2) is 25.1 Å². The first-order chi connectivity index (χ1) is 9.92. The van der Waals surface area contributed by atoms with Crippen molar-refractivity contribution in [1.82, 2.24) is 4.98 Å². The Hall–Kier alpha value is -1.15. The molecule has 8 heteroatoms. The topological polar surface area (TPSA) is 79.3 Å². The molecule has 0 spiro atoms. The molecule has 1 aromatic heterocycles. The average Bonchev–Trinajstić information content (AvgIpc) is 2.76. The molecular weight excluding hydrogens is 332 g/mol. The first-order valence-electron chi connectivity index (χ1n) is 6.28. The Bertz CT molecular complexity index is 729. The van der Waals surface area contributed by atoms with E-state index in [0.717, 1.165) is 16.9 Å². The second-order valence-corrected chi connectivity index (χ2v) is 7.93. The Morgan fingerprint density at radius 3 is 2.81 bits per heavy atom. The highest BCUT2D eigenvalue weighted by Crippen LogP contribution is 2.28. The summed E-state index contributed by atoms with van der Waals surface area (Å²) in [4.78, 5) is 3.91. The molecule has 1 aromatic carbocycles. The van der Waals surface area contributed by atoms with Gasteiger partial charge in [-0.15, -0.1) is 0 Å². The number of anilines is 1. The van der Waals surface area contributed by atoms with Gasteiger partial charge in [0.15, 0.2) is 8.68 Å². The molecule has 114 valence electrons. The largest absolute Gasteiger partial charge is 0.396 e. The van der Waals surface area contributed by atoms with Crippen LogP contribution in [0.2, 0.25) is 4.47 Å². The fourth-order valence-electron chi connectivity index (χ4n) is 1.87. The van der Waals surface area contributed by atoms with Crippen molar-refractivity contribution in [3.63, 3.8) is 0 Å². The van der Waals surface area contributed by atoms with Crippen LogP contribution in [0.3, 0.4) is 0 Å². The minimum absolute atomic E-state index is 0.106. The van der Waals surface area contributed by atoms with E-state index in [2.05, 4.69) is 9.71 Å². The molecule has 5 nitrogen and oxygen atoms in total. The first kappa shape index (κ1) is 16.2. The lowest BCUT2D eigenvalue weighted by Crippen LogP contribution is -2.12. The molecule has 0 aliphatic heterocycles. The number of halogens is 1. The summed E-state index contributed by atoms with van der Waals surface area (Å²) in [6, 6.07) is 7.10. The third-order valence-corrected chi connectivity index (χ3v) is 6.03.